The number of anilines is 1. The van der Waals surface area contributed by atoms with Gasteiger partial charge in [0.25, 0.3) is 0 Å². The van der Waals surface area contributed by atoms with E-state index in [1.165, 1.54) is 12.1 Å². The third-order valence-electron chi connectivity index (χ3n) is 2.53. The van der Waals surface area contributed by atoms with Gasteiger partial charge in [0.2, 0.25) is 5.91 Å². The second-order valence-corrected chi connectivity index (χ2v) is 4.13. The number of hydrogen-bond donors (Lipinski definition) is 2. The molecule has 0 aliphatic heterocycles. The maximum absolute atomic E-state index is 13.6. The smallest absolute Gasteiger partial charge is 0.239 e. The lowest BCUT2D eigenvalue weighted by atomic mass is 10.3. The fourth-order valence-corrected chi connectivity index (χ4v) is 1.57. The molecule has 0 heterocycles. The highest BCUT2D eigenvalue weighted by Crippen LogP contribution is 2.20. The molecule has 5 nitrogen and oxygen atoms in total. The maximum atomic E-state index is 13.6. The molecule has 0 unspecified atom stereocenters. The molecule has 1 rings (SSSR count). The van der Waals surface area contributed by atoms with Crippen LogP contribution in [0.1, 0.15) is 13.3 Å². The van der Waals surface area contributed by atoms with Crippen molar-refractivity contribution in [2.24, 2.45) is 0 Å². The van der Waals surface area contributed by atoms with Gasteiger partial charge in [-0.3, -0.25) is 4.79 Å². The van der Waals surface area contributed by atoms with Crippen LogP contribution in [-0.2, 0) is 9.53 Å². The van der Waals surface area contributed by atoms with Crippen LogP contribution in [0.4, 0.5) is 10.1 Å². The van der Waals surface area contributed by atoms with Crippen LogP contribution in [0.3, 0.4) is 0 Å². The first-order valence-corrected chi connectivity index (χ1v) is 6.59. The molecule has 6 heteroatoms. The summed E-state index contributed by atoms with van der Waals surface area (Å²) >= 11 is 0. The Morgan fingerprint density at radius 3 is 2.85 bits per heavy atom. The topological polar surface area (TPSA) is 59.6 Å². The van der Waals surface area contributed by atoms with Gasteiger partial charge in [-0.15, -0.1) is 0 Å². The van der Waals surface area contributed by atoms with Crippen LogP contribution >= 0.6 is 0 Å². The number of benzene rings is 1. The molecule has 1 aromatic carbocycles. The van der Waals surface area contributed by atoms with E-state index in [2.05, 4.69) is 10.6 Å². The average Bonchev–Trinajstić information content (AvgIpc) is 2.44. The van der Waals surface area contributed by atoms with Crippen molar-refractivity contribution >= 4 is 11.6 Å². The molecule has 2 N–H and O–H groups in total. The Bertz CT molecular complexity index is 427. The standard InChI is InChI=1S/C14H21FN2O3/c1-3-20-13-6-5-11(9-12(13)15)17-10-14(18)16-7-4-8-19-2/h5-6,9,17H,3-4,7-8,10H2,1-2H3,(H,16,18). The van der Waals surface area contributed by atoms with Crippen molar-refractivity contribution in [3.05, 3.63) is 24.0 Å². The summed E-state index contributed by atoms with van der Waals surface area (Å²) in [6, 6.07) is 4.52. The highest BCUT2D eigenvalue weighted by atomic mass is 19.1. The lowest BCUT2D eigenvalue weighted by Crippen LogP contribution is -2.31. The van der Waals surface area contributed by atoms with Crippen molar-refractivity contribution in [1.82, 2.24) is 5.32 Å². The molecule has 1 aromatic rings. The second kappa shape index (κ2) is 9.14. The quantitative estimate of drug-likeness (QED) is 0.679. The second-order valence-electron chi connectivity index (χ2n) is 4.13. The van der Waals surface area contributed by atoms with Crippen molar-refractivity contribution in [1.29, 1.82) is 0 Å². The van der Waals surface area contributed by atoms with Gasteiger partial charge in [-0.1, -0.05) is 0 Å². The third-order valence-corrected chi connectivity index (χ3v) is 2.53. The number of ether oxygens (including phenoxy) is 2. The SMILES string of the molecule is CCOc1ccc(NCC(=O)NCCCOC)cc1F. The Hall–Kier alpha value is -1.82. The van der Waals surface area contributed by atoms with E-state index < -0.39 is 5.82 Å². The van der Waals surface area contributed by atoms with Gasteiger partial charge < -0.3 is 20.1 Å². The number of carbonyl (C=O) groups is 1. The first kappa shape index (κ1) is 16.2. The minimum absolute atomic E-state index is 0.0976. The molecule has 0 aliphatic carbocycles. The van der Waals surface area contributed by atoms with E-state index in [-0.39, 0.29) is 18.2 Å². The van der Waals surface area contributed by atoms with E-state index in [4.69, 9.17) is 9.47 Å². The van der Waals surface area contributed by atoms with Crippen molar-refractivity contribution in [3.63, 3.8) is 0 Å². The zero-order chi connectivity index (χ0) is 14.8. The molecule has 1 amide bonds. The molecule has 0 saturated heterocycles. The molecular weight excluding hydrogens is 263 g/mol. The zero-order valence-corrected chi connectivity index (χ0v) is 11.9. The van der Waals surface area contributed by atoms with Gasteiger partial charge in [-0.2, -0.15) is 0 Å². The summed E-state index contributed by atoms with van der Waals surface area (Å²) in [6.45, 7) is 3.47. The molecule has 0 aliphatic rings. The highest BCUT2D eigenvalue weighted by molar-refractivity contribution is 5.80. The van der Waals surface area contributed by atoms with Crippen LogP contribution < -0.4 is 15.4 Å². The number of hydrogen-bond acceptors (Lipinski definition) is 4. The number of halogens is 1. The Labute approximate surface area is 118 Å². The van der Waals surface area contributed by atoms with Gasteiger partial charge in [0, 0.05) is 32.0 Å². The largest absolute Gasteiger partial charge is 0.491 e. The van der Waals surface area contributed by atoms with Crippen LogP contribution in [-0.4, -0.2) is 39.3 Å². The number of nitrogens with one attached hydrogen (secondary N) is 2. The van der Waals surface area contributed by atoms with Crippen LogP contribution in [0.25, 0.3) is 0 Å². The molecule has 0 saturated carbocycles. The molecule has 0 aromatic heterocycles. The number of methoxy groups -OCH3 is 1. The molecule has 112 valence electrons. The van der Waals surface area contributed by atoms with Gasteiger partial charge in [-0.25, -0.2) is 4.39 Å². The highest BCUT2D eigenvalue weighted by Gasteiger charge is 2.05. The molecule has 0 bridgehead atoms. The molecular formula is C14H21FN2O3. The predicted molar refractivity (Wildman–Crippen MR) is 75.6 cm³/mol. The number of rotatable bonds is 9. The Balaban J connectivity index is 2.34. The lowest BCUT2D eigenvalue weighted by molar-refractivity contribution is -0.119. The summed E-state index contributed by atoms with van der Waals surface area (Å²) in [5, 5.41) is 5.59. The summed E-state index contributed by atoms with van der Waals surface area (Å²) in [4.78, 5) is 11.5. The van der Waals surface area contributed by atoms with Crippen LogP contribution in [0.2, 0.25) is 0 Å². The fourth-order valence-electron chi connectivity index (χ4n) is 1.57. The molecule has 0 radical (unpaired) electrons. The van der Waals surface area contributed by atoms with Gasteiger partial charge in [0.1, 0.15) is 0 Å². The van der Waals surface area contributed by atoms with Gasteiger partial charge in [0.05, 0.1) is 13.2 Å². The van der Waals surface area contributed by atoms with E-state index in [0.29, 0.717) is 25.4 Å². The normalized spacial score (nSPS) is 10.2. The Morgan fingerprint density at radius 1 is 1.40 bits per heavy atom. The van der Waals surface area contributed by atoms with Gasteiger partial charge >= 0.3 is 0 Å². The van der Waals surface area contributed by atoms with E-state index in [0.717, 1.165) is 6.42 Å². The van der Waals surface area contributed by atoms with Gasteiger partial charge in [-0.05, 0) is 25.5 Å². The molecule has 0 atom stereocenters. The fraction of sp³-hybridized carbons (Fsp3) is 0.500. The van der Waals surface area contributed by atoms with E-state index >= 15 is 0 Å². The summed E-state index contributed by atoms with van der Waals surface area (Å²) in [5.41, 5.74) is 0.540. The average molecular weight is 284 g/mol. The minimum Gasteiger partial charge on any atom is -0.491 e. The number of amides is 1. The van der Waals surface area contributed by atoms with Crippen LogP contribution in [0.15, 0.2) is 18.2 Å². The van der Waals surface area contributed by atoms with Crippen molar-refractivity contribution < 1.29 is 18.7 Å². The monoisotopic (exact) mass is 284 g/mol. The molecule has 0 spiro atoms. The predicted octanol–water partition coefficient (Wildman–Crippen LogP) is 1.79. The van der Waals surface area contributed by atoms with Crippen molar-refractivity contribution in [2.45, 2.75) is 13.3 Å². The molecule has 20 heavy (non-hydrogen) atoms. The third kappa shape index (κ3) is 5.88. The van der Waals surface area contributed by atoms with E-state index in [1.807, 2.05) is 0 Å². The maximum Gasteiger partial charge on any atom is 0.239 e. The van der Waals surface area contributed by atoms with Crippen molar-refractivity contribution in [3.8, 4) is 5.75 Å². The zero-order valence-electron chi connectivity index (χ0n) is 11.9. The van der Waals surface area contributed by atoms with Crippen LogP contribution in [0.5, 0.6) is 5.75 Å². The summed E-state index contributed by atoms with van der Waals surface area (Å²) < 4.78 is 23.5. The number of carbonyl (C=O) groups excluding carboxylic acids is 1. The summed E-state index contributed by atoms with van der Waals surface area (Å²) in [5.74, 6) is -0.380. The first-order valence-electron chi connectivity index (χ1n) is 6.59. The summed E-state index contributed by atoms with van der Waals surface area (Å²) in [6.07, 6.45) is 0.764. The van der Waals surface area contributed by atoms with Crippen molar-refractivity contribution in [2.75, 3.05) is 38.7 Å². The molecule has 0 fully saturated rings. The van der Waals surface area contributed by atoms with E-state index in [1.54, 1.807) is 20.1 Å². The first-order chi connectivity index (χ1) is 9.67. The summed E-state index contributed by atoms with van der Waals surface area (Å²) in [7, 11) is 1.61. The van der Waals surface area contributed by atoms with Crippen LogP contribution in [0, 0.1) is 5.82 Å². The Kier molecular flexibility index (Phi) is 7.42. The Morgan fingerprint density at radius 2 is 2.20 bits per heavy atom. The lowest BCUT2D eigenvalue weighted by Gasteiger charge is -2.09. The van der Waals surface area contributed by atoms with E-state index in [9.17, 15) is 9.18 Å². The minimum atomic E-state index is -0.447. The van der Waals surface area contributed by atoms with Gasteiger partial charge in [0.15, 0.2) is 11.6 Å².